The Labute approximate surface area is 101 Å². The van der Waals surface area contributed by atoms with Gasteiger partial charge in [0, 0.05) is 6.42 Å². The zero-order valence-corrected chi connectivity index (χ0v) is 10.8. The van der Waals surface area contributed by atoms with Gasteiger partial charge in [0.05, 0.1) is 12.5 Å². The molecule has 1 rings (SSSR count). The molecule has 6 nitrogen and oxygen atoms in total. The summed E-state index contributed by atoms with van der Waals surface area (Å²) in [4.78, 5) is 10.8. The number of aromatic nitrogens is 4. The molecule has 0 amide bonds. The highest BCUT2D eigenvalue weighted by atomic mass is 16.4. The Morgan fingerprint density at radius 1 is 1.47 bits per heavy atom. The van der Waals surface area contributed by atoms with Gasteiger partial charge in [0.25, 0.3) is 0 Å². The van der Waals surface area contributed by atoms with E-state index in [0.717, 1.165) is 12.2 Å². The summed E-state index contributed by atoms with van der Waals surface area (Å²) in [6.45, 7) is 8.24. The average molecular weight is 240 g/mol. The second kappa shape index (κ2) is 5.25. The van der Waals surface area contributed by atoms with Crippen LogP contribution >= 0.6 is 0 Å². The summed E-state index contributed by atoms with van der Waals surface area (Å²) >= 11 is 0. The summed E-state index contributed by atoms with van der Waals surface area (Å²) in [7, 11) is 0. The Morgan fingerprint density at radius 2 is 2.12 bits per heavy atom. The molecule has 0 aliphatic heterocycles. The molecule has 1 N–H and O–H groups in total. The lowest BCUT2D eigenvalue weighted by molar-refractivity contribution is -0.138. The molecule has 0 saturated carbocycles. The number of carbonyl (C=O) groups is 1. The molecule has 0 saturated heterocycles. The Balaban J connectivity index is 2.89. The van der Waals surface area contributed by atoms with Crippen molar-refractivity contribution >= 4 is 5.97 Å². The summed E-state index contributed by atoms with van der Waals surface area (Å²) in [5, 5.41) is 20.4. The fraction of sp³-hybridized carbons (Fsp3) is 0.818. The second-order valence-corrected chi connectivity index (χ2v) is 5.44. The van der Waals surface area contributed by atoms with Crippen molar-refractivity contribution in [3.8, 4) is 0 Å². The SMILES string of the molecule is CCC(CC(=O)O)n1nnnc1CC(C)(C)C. The van der Waals surface area contributed by atoms with Gasteiger partial charge in [-0.25, -0.2) is 4.68 Å². The van der Waals surface area contributed by atoms with Crippen LogP contribution in [0.5, 0.6) is 0 Å². The smallest absolute Gasteiger partial charge is 0.305 e. The van der Waals surface area contributed by atoms with E-state index in [1.807, 2.05) is 6.92 Å². The standard InChI is InChI=1S/C11H20N4O2/c1-5-8(6-10(16)17)15-9(12-13-14-15)7-11(2,3)4/h8H,5-7H2,1-4H3,(H,16,17). The third-order valence-electron chi connectivity index (χ3n) is 2.48. The molecule has 0 bridgehead atoms. The lowest BCUT2D eigenvalue weighted by Crippen LogP contribution is -2.20. The van der Waals surface area contributed by atoms with E-state index in [4.69, 9.17) is 5.11 Å². The Kier molecular flexibility index (Phi) is 4.20. The van der Waals surface area contributed by atoms with E-state index in [1.165, 1.54) is 0 Å². The van der Waals surface area contributed by atoms with Crippen LogP contribution in [0.2, 0.25) is 0 Å². The minimum atomic E-state index is -0.825. The Morgan fingerprint density at radius 3 is 2.59 bits per heavy atom. The number of aliphatic carboxylic acids is 1. The van der Waals surface area contributed by atoms with Crippen molar-refractivity contribution in [2.75, 3.05) is 0 Å². The van der Waals surface area contributed by atoms with Crippen molar-refractivity contribution in [2.24, 2.45) is 5.41 Å². The third-order valence-corrected chi connectivity index (χ3v) is 2.48. The highest BCUT2D eigenvalue weighted by molar-refractivity contribution is 5.67. The van der Waals surface area contributed by atoms with Gasteiger partial charge in [-0.3, -0.25) is 4.79 Å². The molecule has 0 aliphatic carbocycles. The van der Waals surface area contributed by atoms with Crippen molar-refractivity contribution in [3.63, 3.8) is 0 Å². The molecule has 0 fully saturated rings. The number of carboxylic acids is 1. The number of rotatable bonds is 5. The minimum Gasteiger partial charge on any atom is -0.481 e. The fourth-order valence-electron chi connectivity index (χ4n) is 1.69. The first kappa shape index (κ1) is 13.6. The van der Waals surface area contributed by atoms with Crippen molar-refractivity contribution in [2.45, 2.75) is 53.0 Å². The van der Waals surface area contributed by atoms with Crippen LogP contribution in [0.4, 0.5) is 0 Å². The van der Waals surface area contributed by atoms with E-state index in [0.29, 0.717) is 6.42 Å². The predicted molar refractivity (Wildman–Crippen MR) is 62.6 cm³/mol. The normalized spacial score (nSPS) is 13.6. The number of carboxylic acid groups (broad SMARTS) is 1. The molecule has 96 valence electrons. The van der Waals surface area contributed by atoms with E-state index in [-0.39, 0.29) is 17.9 Å². The summed E-state index contributed by atoms with van der Waals surface area (Å²) in [5.74, 6) is -0.0698. The summed E-state index contributed by atoms with van der Waals surface area (Å²) in [5.41, 5.74) is 0.0774. The van der Waals surface area contributed by atoms with Crippen LogP contribution in [0, 0.1) is 5.41 Å². The van der Waals surface area contributed by atoms with Crippen LogP contribution in [0.1, 0.15) is 52.4 Å². The Hall–Kier alpha value is -1.46. The molecule has 0 radical (unpaired) electrons. The molecule has 1 aromatic heterocycles. The first-order valence-electron chi connectivity index (χ1n) is 5.82. The number of nitrogens with zero attached hydrogens (tertiary/aromatic N) is 4. The predicted octanol–water partition coefficient (Wildman–Crippen LogP) is 1.69. The van der Waals surface area contributed by atoms with Crippen LogP contribution in [0.25, 0.3) is 0 Å². The van der Waals surface area contributed by atoms with Crippen molar-refractivity contribution < 1.29 is 9.90 Å². The molecule has 6 heteroatoms. The highest BCUT2D eigenvalue weighted by Gasteiger charge is 2.22. The third kappa shape index (κ3) is 4.13. The van der Waals surface area contributed by atoms with Crippen molar-refractivity contribution in [3.05, 3.63) is 5.82 Å². The van der Waals surface area contributed by atoms with Gasteiger partial charge in [-0.15, -0.1) is 5.10 Å². The summed E-state index contributed by atoms with van der Waals surface area (Å²) in [6.07, 6.45) is 1.49. The zero-order chi connectivity index (χ0) is 13.1. The van der Waals surface area contributed by atoms with Gasteiger partial charge in [0.15, 0.2) is 5.82 Å². The average Bonchev–Trinajstić information content (AvgIpc) is 2.59. The van der Waals surface area contributed by atoms with Crippen molar-refractivity contribution in [1.29, 1.82) is 0 Å². The van der Waals surface area contributed by atoms with Gasteiger partial charge in [-0.05, 0) is 22.3 Å². The van der Waals surface area contributed by atoms with Gasteiger partial charge in [0.1, 0.15) is 0 Å². The first-order valence-corrected chi connectivity index (χ1v) is 5.82. The molecule has 1 aromatic rings. The van der Waals surface area contributed by atoms with E-state index >= 15 is 0 Å². The van der Waals surface area contributed by atoms with Crippen LogP contribution in [0.3, 0.4) is 0 Å². The molecule has 0 aliphatic rings. The fourth-order valence-corrected chi connectivity index (χ4v) is 1.69. The quantitative estimate of drug-likeness (QED) is 0.847. The molecule has 17 heavy (non-hydrogen) atoms. The molecule has 1 unspecified atom stereocenters. The second-order valence-electron chi connectivity index (χ2n) is 5.44. The highest BCUT2D eigenvalue weighted by Crippen LogP contribution is 2.22. The number of hydrogen-bond acceptors (Lipinski definition) is 4. The molecular weight excluding hydrogens is 220 g/mol. The van der Waals surface area contributed by atoms with Gasteiger partial charge >= 0.3 is 5.97 Å². The van der Waals surface area contributed by atoms with Gasteiger partial charge < -0.3 is 5.11 Å². The Bertz CT molecular complexity index is 381. The maximum atomic E-state index is 10.8. The lowest BCUT2D eigenvalue weighted by atomic mass is 9.92. The monoisotopic (exact) mass is 240 g/mol. The lowest BCUT2D eigenvalue weighted by Gasteiger charge is -2.20. The van der Waals surface area contributed by atoms with Gasteiger partial charge in [-0.1, -0.05) is 27.7 Å². The van der Waals surface area contributed by atoms with E-state index in [1.54, 1.807) is 4.68 Å². The van der Waals surface area contributed by atoms with E-state index < -0.39 is 5.97 Å². The number of tetrazole rings is 1. The zero-order valence-electron chi connectivity index (χ0n) is 10.8. The van der Waals surface area contributed by atoms with Crippen LogP contribution in [-0.4, -0.2) is 31.3 Å². The van der Waals surface area contributed by atoms with E-state index in [9.17, 15) is 4.79 Å². The maximum absolute atomic E-state index is 10.8. The van der Waals surface area contributed by atoms with E-state index in [2.05, 4.69) is 36.3 Å². The molecule has 0 spiro atoms. The first-order chi connectivity index (χ1) is 7.83. The number of hydrogen-bond donors (Lipinski definition) is 1. The van der Waals surface area contributed by atoms with Crippen molar-refractivity contribution in [1.82, 2.24) is 20.2 Å². The molecule has 1 heterocycles. The minimum absolute atomic E-state index is 0.0542. The van der Waals surface area contributed by atoms with Crippen LogP contribution < -0.4 is 0 Å². The summed E-state index contributed by atoms with van der Waals surface area (Å²) in [6, 6.07) is -0.167. The van der Waals surface area contributed by atoms with Gasteiger partial charge in [-0.2, -0.15) is 0 Å². The van der Waals surface area contributed by atoms with Crippen LogP contribution in [-0.2, 0) is 11.2 Å². The molecule has 0 aromatic carbocycles. The topological polar surface area (TPSA) is 80.9 Å². The molecule has 1 atom stereocenters. The summed E-state index contributed by atoms with van der Waals surface area (Å²) < 4.78 is 1.65. The maximum Gasteiger partial charge on any atom is 0.305 e. The van der Waals surface area contributed by atoms with Crippen LogP contribution in [0.15, 0.2) is 0 Å². The largest absolute Gasteiger partial charge is 0.481 e. The van der Waals surface area contributed by atoms with Gasteiger partial charge in [0.2, 0.25) is 0 Å². The molecular formula is C11H20N4O2.